The largest absolute Gasteiger partial charge is 0.497 e. The van der Waals surface area contributed by atoms with Crippen LogP contribution in [-0.4, -0.2) is 50.6 Å². The topological polar surface area (TPSA) is 77.1 Å². The van der Waals surface area contributed by atoms with Gasteiger partial charge in [-0.3, -0.25) is 9.59 Å². The van der Waals surface area contributed by atoms with Crippen molar-refractivity contribution in [2.24, 2.45) is 0 Å². The van der Waals surface area contributed by atoms with Gasteiger partial charge in [-0.05, 0) is 66.4 Å². The molecule has 0 heterocycles. The van der Waals surface area contributed by atoms with Gasteiger partial charge in [0.15, 0.2) is 11.5 Å². The Morgan fingerprint density at radius 3 is 2.08 bits per heavy atom. The van der Waals surface area contributed by atoms with Crippen LogP contribution in [-0.2, 0) is 29.0 Å². The second kappa shape index (κ2) is 13.6. The molecule has 1 atom stereocenters. The first kappa shape index (κ1) is 27.9. The summed E-state index contributed by atoms with van der Waals surface area (Å²) in [5, 5.41) is 3.57. The first-order valence-electron chi connectivity index (χ1n) is 12.0. The van der Waals surface area contributed by atoms with Crippen molar-refractivity contribution >= 4 is 23.4 Å². The van der Waals surface area contributed by atoms with Crippen molar-refractivity contribution in [3.05, 3.63) is 88.4 Å². The molecule has 0 bridgehead atoms. The second-order valence-corrected chi connectivity index (χ2v) is 9.02. The first-order valence-corrected chi connectivity index (χ1v) is 12.4. The zero-order chi connectivity index (χ0) is 26.8. The molecule has 0 aliphatic carbocycles. The SMILES string of the molecule is COc1ccc(CCNC(=O)C(C)N(Cc2ccc(Cl)cc2)C(=O)Cc2ccc(OC)c(OC)c2)cc1. The van der Waals surface area contributed by atoms with Gasteiger partial charge < -0.3 is 24.4 Å². The number of rotatable bonds is 12. The molecule has 0 radical (unpaired) electrons. The van der Waals surface area contributed by atoms with Crippen LogP contribution in [0.2, 0.25) is 5.02 Å². The number of ether oxygens (including phenoxy) is 3. The third-order valence-electron chi connectivity index (χ3n) is 6.11. The quantitative estimate of drug-likeness (QED) is 0.372. The minimum Gasteiger partial charge on any atom is -0.497 e. The number of amides is 2. The van der Waals surface area contributed by atoms with E-state index in [1.807, 2.05) is 42.5 Å². The summed E-state index contributed by atoms with van der Waals surface area (Å²) >= 11 is 6.04. The molecule has 1 unspecified atom stereocenters. The summed E-state index contributed by atoms with van der Waals surface area (Å²) < 4.78 is 15.9. The lowest BCUT2D eigenvalue weighted by Gasteiger charge is -2.29. The Labute approximate surface area is 223 Å². The van der Waals surface area contributed by atoms with Crippen LogP contribution in [0.5, 0.6) is 17.2 Å². The Balaban J connectivity index is 1.71. The van der Waals surface area contributed by atoms with Gasteiger partial charge in [-0.15, -0.1) is 0 Å². The average molecular weight is 525 g/mol. The summed E-state index contributed by atoms with van der Waals surface area (Å²) in [7, 11) is 4.74. The maximum Gasteiger partial charge on any atom is 0.242 e. The monoisotopic (exact) mass is 524 g/mol. The van der Waals surface area contributed by atoms with Crippen molar-refractivity contribution in [2.75, 3.05) is 27.9 Å². The number of methoxy groups -OCH3 is 3. The van der Waals surface area contributed by atoms with E-state index >= 15 is 0 Å². The van der Waals surface area contributed by atoms with Gasteiger partial charge in [-0.2, -0.15) is 0 Å². The molecule has 0 aliphatic rings. The van der Waals surface area contributed by atoms with Crippen LogP contribution < -0.4 is 19.5 Å². The summed E-state index contributed by atoms with van der Waals surface area (Å²) in [5.74, 6) is 1.51. The molecular formula is C29H33ClN2O5. The minimum absolute atomic E-state index is 0.109. The van der Waals surface area contributed by atoms with Crippen LogP contribution in [0.25, 0.3) is 0 Å². The molecule has 7 nitrogen and oxygen atoms in total. The van der Waals surface area contributed by atoms with Gasteiger partial charge in [0.05, 0.1) is 27.8 Å². The predicted octanol–water partition coefficient (Wildman–Crippen LogP) is 4.68. The zero-order valence-electron chi connectivity index (χ0n) is 21.6. The van der Waals surface area contributed by atoms with Crippen LogP contribution in [0.3, 0.4) is 0 Å². The Kier molecular flexibility index (Phi) is 10.2. The Hall–Kier alpha value is -3.71. The number of nitrogens with zero attached hydrogens (tertiary/aromatic N) is 1. The van der Waals surface area contributed by atoms with E-state index in [0.29, 0.717) is 29.5 Å². The highest BCUT2D eigenvalue weighted by molar-refractivity contribution is 6.30. The van der Waals surface area contributed by atoms with E-state index in [9.17, 15) is 9.59 Å². The molecule has 0 aromatic heterocycles. The number of carbonyl (C=O) groups excluding carboxylic acids is 2. The third-order valence-corrected chi connectivity index (χ3v) is 6.36. The van der Waals surface area contributed by atoms with Crippen molar-refractivity contribution in [1.29, 1.82) is 0 Å². The molecule has 1 N–H and O–H groups in total. The fourth-order valence-electron chi connectivity index (χ4n) is 3.91. The van der Waals surface area contributed by atoms with E-state index in [-0.39, 0.29) is 24.8 Å². The molecule has 0 saturated heterocycles. The number of nitrogens with one attached hydrogen (secondary N) is 1. The predicted molar refractivity (Wildman–Crippen MR) is 144 cm³/mol. The molecule has 2 amide bonds. The second-order valence-electron chi connectivity index (χ2n) is 8.58. The van der Waals surface area contributed by atoms with Gasteiger partial charge in [-0.1, -0.05) is 41.9 Å². The standard InChI is InChI=1S/C29H33ClN2O5/c1-20(29(34)31-16-15-21-7-12-25(35-2)13-8-21)32(19-22-5-10-24(30)11-6-22)28(33)18-23-9-14-26(36-3)27(17-23)37-4/h5-14,17,20H,15-16,18-19H2,1-4H3,(H,31,34). The molecule has 196 valence electrons. The van der Waals surface area contributed by atoms with Crippen LogP contribution in [0.4, 0.5) is 0 Å². The molecule has 0 fully saturated rings. The van der Waals surface area contributed by atoms with E-state index in [1.165, 1.54) is 0 Å². The minimum atomic E-state index is -0.681. The van der Waals surface area contributed by atoms with E-state index in [4.69, 9.17) is 25.8 Å². The van der Waals surface area contributed by atoms with Crippen LogP contribution >= 0.6 is 11.6 Å². The molecular weight excluding hydrogens is 492 g/mol. The van der Waals surface area contributed by atoms with Crippen LogP contribution in [0.15, 0.2) is 66.7 Å². The zero-order valence-corrected chi connectivity index (χ0v) is 22.4. The lowest BCUT2D eigenvalue weighted by Crippen LogP contribution is -2.48. The van der Waals surface area contributed by atoms with Crippen molar-refractivity contribution < 1.29 is 23.8 Å². The smallest absolute Gasteiger partial charge is 0.242 e. The van der Waals surface area contributed by atoms with Gasteiger partial charge in [0.1, 0.15) is 11.8 Å². The molecule has 0 saturated carbocycles. The Morgan fingerprint density at radius 2 is 1.46 bits per heavy atom. The van der Waals surface area contributed by atoms with Crippen LogP contribution in [0.1, 0.15) is 23.6 Å². The van der Waals surface area contributed by atoms with Crippen LogP contribution in [0, 0.1) is 0 Å². The summed E-state index contributed by atoms with van der Waals surface area (Å²) in [4.78, 5) is 28.1. The van der Waals surface area contributed by atoms with E-state index in [0.717, 1.165) is 22.4 Å². The van der Waals surface area contributed by atoms with Gasteiger partial charge in [0, 0.05) is 18.1 Å². The van der Waals surface area contributed by atoms with E-state index in [2.05, 4.69) is 5.32 Å². The number of hydrogen-bond acceptors (Lipinski definition) is 5. The number of carbonyl (C=O) groups is 2. The Morgan fingerprint density at radius 1 is 0.838 bits per heavy atom. The highest BCUT2D eigenvalue weighted by Crippen LogP contribution is 2.28. The van der Waals surface area contributed by atoms with Gasteiger partial charge in [0.2, 0.25) is 11.8 Å². The summed E-state index contributed by atoms with van der Waals surface area (Å²) in [5.41, 5.74) is 2.72. The van der Waals surface area contributed by atoms with Gasteiger partial charge in [-0.25, -0.2) is 0 Å². The molecule has 0 aliphatic heterocycles. The number of hydrogen-bond donors (Lipinski definition) is 1. The summed E-state index contributed by atoms with van der Waals surface area (Å²) in [6.45, 7) is 2.47. The van der Waals surface area contributed by atoms with Crippen molar-refractivity contribution in [1.82, 2.24) is 10.2 Å². The lowest BCUT2D eigenvalue weighted by molar-refractivity contribution is -0.140. The molecule has 0 spiro atoms. The maximum atomic E-state index is 13.5. The average Bonchev–Trinajstić information content (AvgIpc) is 2.92. The molecule has 8 heteroatoms. The normalized spacial score (nSPS) is 11.4. The van der Waals surface area contributed by atoms with Gasteiger partial charge in [0.25, 0.3) is 0 Å². The lowest BCUT2D eigenvalue weighted by atomic mass is 10.1. The highest BCUT2D eigenvalue weighted by atomic mass is 35.5. The van der Waals surface area contributed by atoms with Crippen molar-refractivity contribution in [3.63, 3.8) is 0 Å². The first-order chi connectivity index (χ1) is 17.8. The summed E-state index contributed by atoms with van der Waals surface area (Å²) in [6, 6.07) is 19.6. The highest BCUT2D eigenvalue weighted by Gasteiger charge is 2.26. The van der Waals surface area contributed by atoms with Crippen molar-refractivity contribution in [2.45, 2.75) is 32.4 Å². The van der Waals surface area contributed by atoms with Gasteiger partial charge >= 0.3 is 0 Å². The van der Waals surface area contributed by atoms with E-state index in [1.54, 1.807) is 57.4 Å². The molecule has 3 aromatic carbocycles. The molecule has 3 rings (SSSR count). The fourth-order valence-corrected chi connectivity index (χ4v) is 4.03. The van der Waals surface area contributed by atoms with E-state index < -0.39 is 6.04 Å². The van der Waals surface area contributed by atoms with Crippen molar-refractivity contribution in [3.8, 4) is 17.2 Å². The summed E-state index contributed by atoms with van der Waals surface area (Å²) in [6.07, 6.45) is 0.774. The number of halogens is 1. The maximum absolute atomic E-state index is 13.5. The number of benzene rings is 3. The molecule has 37 heavy (non-hydrogen) atoms. The Bertz CT molecular complexity index is 1180. The fraction of sp³-hybridized carbons (Fsp3) is 0.310. The third kappa shape index (κ3) is 7.89. The molecule has 3 aromatic rings.